The van der Waals surface area contributed by atoms with Gasteiger partial charge in [-0.3, -0.25) is 0 Å². The molecule has 1 aliphatic carbocycles. The Bertz CT molecular complexity index is 329. The lowest BCUT2D eigenvalue weighted by Gasteiger charge is -2.23. The maximum atomic E-state index is 6.30. The molecule has 1 saturated carbocycles. The van der Waals surface area contributed by atoms with Crippen LogP contribution in [0.3, 0.4) is 0 Å². The van der Waals surface area contributed by atoms with E-state index in [2.05, 4.69) is 17.2 Å². The van der Waals surface area contributed by atoms with E-state index in [0.717, 1.165) is 25.2 Å². The highest BCUT2D eigenvalue weighted by Crippen LogP contribution is 2.29. The van der Waals surface area contributed by atoms with E-state index in [0.29, 0.717) is 0 Å². The van der Waals surface area contributed by atoms with Gasteiger partial charge in [-0.2, -0.15) is 0 Å². The Morgan fingerprint density at radius 1 is 1.50 bits per heavy atom. The van der Waals surface area contributed by atoms with E-state index in [4.69, 9.17) is 5.73 Å². The predicted molar refractivity (Wildman–Crippen MR) is 68.6 cm³/mol. The lowest BCUT2D eigenvalue weighted by atomic mass is 9.95. The van der Waals surface area contributed by atoms with Crippen molar-refractivity contribution in [1.29, 1.82) is 0 Å². The second-order valence-electron chi connectivity index (χ2n) is 4.86. The normalized spacial score (nSPS) is 19.1. The van der Waals surface area contributed by atoms with E-state index < -0.39 is 0 Å². The Morgan fingerprint density at radius 2 is 2.25 bits per heavy atom. The molecule has 3 N–H and O–H groups in total. The second kappa shape index (κ2) is 5.25. The second-order valence-corrected chi connectivity index (χ2v) is 5.80. The van der Waals surface area contributed by atoms with Crippen LogP contribution >= 0.6 is 11.3 Å². The molecule has 0 spiro atoms. The van der Waals surface area contributed by atoms with Crippen molar-refractivity contribution >= 4 is 11.3 Å². The maximum Gasteiger partial charge on any atom is 0.0798 e. The van der Waals surface area contributed by atoms with Crippen molar-refractivity contribution in [3.63, 3.8) is 0 Å². The summed E-state index contributed by atoms with van der Waals surface area (Å²) in [6.45, 7) is 4.02. The first-order valence-corrected chi connectivity index (χ1v) is 6.96. The standard InChI is InChI=1S/C12H21N3S/c1-10-11(16-9-15-10)8-14-7-6-12(13)4-2-3-5-12/h9,14H,2-8,13H2,1H3. The van der Waals surface area contributed by atoms with Crippen LogP contribution in [-0.4, -0.2) is 17.1 Å². The van der Waals surface area contributed by atoms with E-state index in [-0.39, 0.29) is 5.54 Å². The van der Waals surface area contributed by atoms with Gasteiger partial charge in [-0.05, 0) is 32.7 Å². The molecule has 1 heterocycles. The fourth-order valence-corrected chi connectivity index (χ4v) is 3.11. The summed E-state index contributed by atoms with van der Waals surface area (Å²) in [4.78, 5) is 5.59. The van der Waals surface area contributed by atoms with Crippen LogP contribution in [0.2, 0.25) is 0 Å². The Labute approximate surface area is 101 Å². The Kier molecular flexibility index (Phi) is 3.95. The SMILES string of the molecule is Cc1ncsc1CNCCC1(N)CCCC1. The number of thiazole rings is 1. The fraction of sp³-hybridized carbons (Fsp3) is 0.750. The van der Waals surface area contributed by atoms with Crippen molar-refractivity contribution in [2.24, 2.45) is 5.73 Å². The number of hydrogen-bond donors (Lipinski definition) is 2. The number of hydrogen-bond acceptors (Lipinski definition) is 4. The van der Waals surface area contributed by atoms with Crippen LogP contribution in [0, 0.1) is 6.92 Å². The molecular weight excluding hydrogens is 218 g/mol. The summed E-state index contributed by atoms with van der Waals surface area (Å²) in [5, 5.41) is 3.47. The van der Waals surface area contributed by atoms with E-state index >= 15 is 0 Å². The number of aromatic nitrogens is 1. The average molecular weight is 239 g/mol. The molecule has 1 aliphatic rings. The molecule has 1 fully saturated rings. The van der Waals surface area contributed by atoms with Gasteiger partial charge in [0.2, 0.25) is 0 Å². The third-order valence-corrected chi connectivity index (χ3v) is 4.46. The number of rotatable bonds is 5. The van der Waals surface area contributed by atoms with Crippen LogP contribution in [-0.2, 0) is 6.54 Å². The topological polar surface area (TPSA) is 50.9 Å². The average Bonchev–Trinajstić information content (AvgIpc) is 2.84. The Hall–Kier alpha value is -0.450. The lowest BCUT2D eigenvalue weighted by Crippen LogP contribution is -2.39. The molecule has 0 unspecified atom stereocenters. The van der Waals surface area contributed by atoms with Gasteiger partial charge in [0.1, 0.15) is 0 Å². The van der Waals surface area contributed by atoms with Crippen molar-refractivity contribution < 1.29 is 0 Å². The number of nitrogens with two attached hydrogens (primary N) is 1. The van der Waals surface area contributed by atoms with Crippen LogP contribution in [0.1, 0.15) is 42.7 Å². The molecular formula is C12H21N3S. The van der Waals surface area contributed by atoms with E-state index in [1.807, 2.05) is 5.51 Å². The lowest BCUT2D eigenvalue weighted by molar-refractivity contribution is 0.393. The number of aryl methyl sites for hydroxylation is 1. The van der Waals surface area contributed by atoms with E-state index in [1.54, 1.807) is 11.3 Å². The van der Waals surface area contributed by atoms with Gasteiger partial charge in [0.05, 0.1) is 11.2 Å². The highest BCUT2D eigenvalue weighted by Gasteiger charge is 2.28. The van der Waals surface area contributed by atoms with Gasteiger partial charge >= 0.3 is 0 Å². The molecule has 4 heteroatoms. The summed E-state index contributed by atoms with van der Waals surface area (Å²) in [5.74, 6) is 0. The molecule has 0 aromatic carbocycles. The van der Waals surface area contributed by atoms with Crippen LogP contribution in [0.4, 0.5) is 0 Å². The van der Waals surface area contributed by atoms with Gasteiger partial charge in [-0.15, -0.1) is 11.3 Å². The van der Waals surface area contributed by atoms with Gasteiger partial charge in [0, 0.05) is 17.0 Å². The zero-order chi connectivity index (χ0) is 11.4. The predicted octanol–water partition coefficient (Wildman–Crippen LogP) is 2.20. The molecule has 2 rings (SSSR count). The first-order valence-electron chi connectivity index (χ1n) is 6.08. The van der Waals surface area contributed by atoms with Gasteiger partial charge < -0.3 is 11.1 Å². The van der Waals surface area contributed by atoms with Crippen LogP contribution in [0.15, 0.2) is 5.51 Å². The Morgan fingerprint density at radius 3 is 2.88 bits per heavy atom. The Balaban J connectivity index is 1.67. The summed E-state index contributed by atoms with van der Waals surface area (Å²) in [7, 11) is 0. The van der Waals surface area contributed by atoms with Crippen molar-refractivity contribution in [3.8, 4) is 0 Å². The minimum atomic E-state index is 0.121. The molecule has 90 valence electrons. The van der Waals surface area contributed by atoms with Crippen LogP contribution in [0.25, 0.3) is 0 Å². The largest absolute Gasteiger partial charge is 0.325 e. The highest BCUT2D eigenvalue weighted by molar-refractivity contribution is 7.09. The summed E-state index contributed by atoms with van der Waals surface area (Å²) in [6.07, 6.45) is 6.13. The van der Waals surface area contributed by atoms with Gasteiger partial charge in [0.25, 0.3) is 0 Å². The highest BCUT2D eigenvalue weighted by atomic mass is 32.1. The monoisotopic (exact) mass is 239 g/mol. The summed E-state index contributed by atoms with van der Waals surface area (Å²) in [6, 6.07) is 0. The molecule has 0 amide bonds. The van der Waals surface area contributed by atoms with E-state index in [1.165, 1.54) is 30.6 Å². The first-order chi connectivity index (χ1) is 7.70. The molecule has 0 aliphatic heterocycles. The fourth-order valence-electron chi connectivity index (χ4n) is 2.36. The molecule has 0 saturated heterocycles. The van der Waals surface area contributed by atoms with Crippen LogP contribution in [0.5, 0.6) is 0 Å². The maximum absolute atomic E-state index is 6.30. The van der Waals surface area contributed by atoms with Gasteiger partial charge in [0.15, 0.2) is 0 Å². The molecule has 16 heavy (non-hydrogen) atoms. The number of nitrogens with one attached hydrogen (secondary N) is 1. The smallest absolute Gasteiger partial charge is 0.0798 e. The van der Waals surface area contributed by atoms with Gasteiger partial charge in [-0.25, -0.2) is 4.98 Å². The van der Waals surface area contributed by atoms with Crippen molar-refractivity contribution in [1.82, 2.24) is 10.3 Å². The zero-order valence-electron chi connectivity index (χ0n) is 9.96. The minimum absolute atomic E-state index is 0.121. The number of nitrogens with zero attached hydrogens (tertiary/aromatic N) is 1. The summed E-state index contributed by atoms with van der Waals surface area (Å²) >= 11 is 1.73. The zero-order valence-corrected chi connectivity index (χ0v) is 10.8. The first kappa shape index (κ1) is 12.0. The molecule has 1 aromatic rings. The summed E-state index contributed by atoms with van der Waals surface area (Å²) in [5.41, 5.74) is 9.48. The van der Waals surface area contributed by atoms with E-state index in [9.17, 15) is 0 Å². The quantitative estimate of drug-likeness (QED) is 0.775. The molecule has 0 atom stereocenters. The molecule has 3 nitrogen and oxygen atoms in total. The van der Waals surface area contributed by atoms with Crippen molar-refractivity contribution in [2.45, 2.75) is 51.1 Å². The van der Waals surface area contributed by atoms with Gasteiger partial charge in [-0.1, -0.05) is 12.8 Å². The molecule has 1 aromatic heterocycles. The molecule has 0 radical (unpaired) electrons. The third-order valence-electron chi connectivity index (χ3n) is 3.53. The summed E-state index contributed by atoms with van der Waals surface area (Å²) < 4.78 is 0. The van der Waals surface area contributed by atoms with Crippen molar-refractivity contribution in [3.05, 3.63) is 16.1 Å². The minimum Gasteiger partial charge on any atom is -0.325 e. The molecule has 0 bridgehead atoms. The third kappa shape index (κ3) is 3.03. The van der Waals surface area contributed by atoms with Crippen molar-refractivity contribution in [2.75, 3.05) is 6.54 Å². The van der Waals surface area contributed by atoms with Crippen LogP contribution < -0.4 is 11.1 Å².